The fraction of sp³-hybridized carbons (Fsp3) is 0.143. The van der Waals surface area contributed by atoms with E-state index in [1.54, 1.807) is 6.20 Å². The molecule has 0 aliphatic carbocycles. The van der Waals surface area contributed by atoms with E-state index >= 15 is 0 Å². The van der Waals surface area contributed by atoms with Gasteiger partial charge in [-0.2, -0.15) is 0 Å². The van der Waals surface area contributed by atoms with Gasteiger partial charge in [0.1, 0.15) is 0 Å². The van der Waals surface area contributed by atoms with E-state index in [9.17, 15) is 0 Å². The van der Waals surface area contributed by atoms with Crippen LogP contribution in [0.25, 0.3) is 5.73 Å². The number of nitrogens with zero attached hydrogens (tertiary/aromatic N) is 1. The molecule has 0 aromatic carbocycles. The van der Waals surface area contributed by atoms with Gasteiger partial charge in [0, 0.05) is 32.3 Å². The van der Waals surface area contributed by atoms with Crippen LogP contribution in [0, 0.1) is 7.43 Å². The molecule has 1 aromatic heterocycles. The number of hydrogen-bond acceptors (Lipinski definition) is 1. The number of halogens is 1. The third kappa shape index (κ3) is 6.46. The Hall–Kier alpha value is 0.0623. The fourth-order valence-corrected chi connectivity index (χ4v) is 0.503. The van der Waals surface area contributed by atoms with Gasteiger partial charge in [-0.05, 0) is 12.1 Å². The summed E-state index contributed by atoms with van der Waals surface area (Å²) in [4.78, 5) is 3.91. The minimum absolute atomic E-state index is 0. The molecule has 2 nitrogen and oxygen atoms in total. The molecule has 1 aromatic rings. The monoisotopic (exact) mass is 263 g/mol. The zero-order valence-corrected chi connectivity index (χ0v) is 8.47. The molecule has 68 valence electrons. The van der Waals surface area contributed by atoms with E-state index in [1.165, 1.54) is 0 Å². The molecular weight excluding hydrogens is 254 g/mol. The summed E-state index contributed by atoms with van der Waals surface area (Å²) in [6.07, 6.45) is 1.70. The number of pyridine rings is 1. The van der Waals surface area contributed by atoms with Gasteiger partial charge >= 0.3 is 0 Å². The van der Waals surface area contributed by atoms with Gasteiger partial charge in [-0.25, -0.2) is 0 Å². The first kappa shape index (κ1) is 17.2. The zero-order valence-electron chi connectivity index (χ0n) is 6.16. The van der Waals surface area contributed by atoms with E-state index < -0.39 is 0 Å². The number of hydrogen-bond donors (Lipinski definition) is 0. The van der Waals surface area contributed by atoms with Gasteiger partial charge in [0.25, 0.3) is 0 Å². The first-order valence-corrected chi connectivity index (χ1v) is 2.48. The molecule has 0 unspecified atom stereocenters. The molecular formula is C7H10ClN2Pd-3. The Morgan fingerprint density at radius 2 is 2.00 bits per heavy atom. The average Bonchev–Trinajstić information content (AvgIpc) is 1.90. The van der Waals surface area contributed by atoms with E-state index in [0.29, 0.717) is 0 Å². The van der Waals surface area contributed by atoms with Crippen LogP contribution in [0.3, 0.4) is 0 Å². The predicted molar refractivity (Wildman–Crippen MR) is 38.7 cm³/mol. The van der Waals surface area contributed by atoms with Gasteiger partial charge in [0.05, 0.1) is 0 Å². The topological polar surface area (TPSA) is 36.7 Å². The molecule has 1 N–H and O–H groups in total. The van der Waals surface area contributed by atoms with Crippen LogP contribution in [-0.2, 0) is 27.0 Å². The minimum atomic E-state index is 0. The second-order valence-corrected chi connectivity index (χ2v) is 1.50. The Labute approximate surface area is 87.7 Å². The molecule has 0 radical (unpaired) electrons. The summed E-state index contributed by atoms with van der Waals surface area (Å²) < 4.78 is 0. The van der Waals surface area contributed by atoms with Crippen molar-refractivity contribution < 1.29 is 32.8 Å². The van der Waals surface area contributed by atoms with E-state index in [1.807, 2.05) is 18.2 Å². The standard InChI is InChI=1S/C6H7N2.CH3.ClH.Pd/c7-5-6-3-1-2-4-8-6;;;/h1-4,7H,5H2;1H3;1H;/q2*-1;;/p-1. The Morgan fingerprint density at radius 3 is 2.27 bits per heavy atom. The van der Waals surface area contributed by atoms with Gasteiger partial charge < -0.3 is 25.6 Å². The molecule has 0 bridgehead atoms. The van der Waals surface area contributed by atoms with Crippen LogP contribution in [0.15, 0.2) is 24.4 Å². The molecule has 0 aliphatic rings. The fourth-order valence-electron chi connectivity index (χ4n) is 0.503. The molecule has 1 heterocycles. The summed E-state index contributed by atoms with van der Waals surface area (Å²) >= 11 is 0. The maximum Gasteiger partial charge on any atom is 0.0270 e. The van der Waals surface area contributed by atoms with E-state index in [0.717, 1.165) is 5.69 Å². The van der Waals surface area contributed by atoms with Crippen LogP contribution >= 0.6 is 0 Å². The van der Waals surface area contributed by atoms with Crippen molar-refractivity contribution in [2.75, 3.05) is 0 Å². The number of aromatic nitrogens is 1. The van der Waals surface area contributed by atoms with Gasteiger partial charge in [0.15, 0.2) is 0 Å². The third-order valence-electron chi connectivity index (χ3n) is 0.907. The molecule has 0 aliphatic heterocycles. The second kappa shape index (κ2) is 10.1. The van der Waals surface area contributed by atoms with Crippen LogP contribution < -0.4 is 12.4 Å². The van der Waals surface area contributed by atoms with Gasteiger partial charge in [-0.3, -0.25) is 4.98 Å². The summed E-state index contributed by atoms with van der Waals surface area (Å²) in [5, 5.41) is 0. The summed E-state index contributed by atoms with van der Waals surface area (Å²) in [6, 6.07) is 5.57. The molecule has 1 rings (SSSR count). The third-order valence-corrected chi connectivity index (χ3v) is 0.907. The first-order valence-electron chi connectivity index (χ1n) is 2.48. The molecule has 4 heteroatoms. The van der Waals surface area contributed by atoms with Crippen LogP contribution in [-0.4, -0.2) is 4.98 Å². The summed E-state index contributed by atoms with van der Waals surface area (Å²) in [5.41, 5.74) is 7.71. The zero-order chi connectivity index (χ0) is 5.82. The van der Waals surface area contributed by atoms with Crippen molar-refractivity contribution in [3.63, 3.8) is 0 Å². The minimum Gasteiger partial charge on any atom is -1.00 e. The van der Waals surface area contributed by atoms with Crippen molar-refractivity contribution in [3.8, 4) is 0 Å². The SMILES string of the molecule is [CH3-].[Cl-].[NH-]Cc1ccccn1.[Pd]. The van der Waals surface area contributed by atoms with E-state index in [-0.39, 0.29) is 46.8 Å². The van der Waals surface area contributed by atoms with Crippen molar-refractivity contribution in [1.82, 2.24) is 4.98 Å². The molecule has 11 heavy (non-hydrogen) atoms. The van der Waals surface area contributed by atoms with Crippen LogP contribution in [0.4, 0.5) is 0 Å². The van der Waals surface area contributed by atoms with Crippen molar-refractivity contribution >= 4 is 0 Å². The molecule has 0 fully saturated rings. The quantitative estimate of drug-likeness (QED) is 0.477. The maximum absolute atomic E-state index is 6.88. The Morgan fingerprint density at radius 1 is 1.36 bits per heavy atom. The van der Waals surface area contributed by atoms with E-state index in [4.69, 9.17) is 5.73 Å². The first-order chi connectivity index (χ1) is 3.93. The summed E-state index contributed by atoms with van der Waals surface area (Å²) in [6.45, 7) is 0.279. The molecule has 0 spiro atoms. The van der Waals surface area contributed by atoms with Crippen LogP contribution in [0.1, 0.15) is 5.69 Å². The van der Waals surface area contributed by atoms with Crippen LogP contribution in [0.5, 0.6) is 0 Å². The Balaban J connectivity index is -0.000000213. The number of nitrogens with one attached hydrogen (secondary N) is 1. The summed E-state index contributed by atoms with van der Waals surface area (Å²) in [7, 11) is 0. The van der Waals surface area contributed by atoms with Crippen molar-refractivity contribution in [3.05, 3.63) is 43.3 Å². The van der Waals surface area contributed by atoms with Gasteiger partial charge in [-0.15, -0.1) is 6.54 Å². The Bertz CT molecular complexity index is 158. The molecule has 0 saturated heterocycles. The second-order valence-electron chi connectivity index (χ2n) is 1.50. The van der Waals surface area contributed by atoms with Gasteiger partial charge in [0.2, 0.25) is 0 Å². The van der Waals surface area contributed by atoms with Crippen molar-refractivity contribution in [2.45, 2.75) is 6.54 Å². The largest absolute Gasteiger partial charge is 1.00 e. The van der Waals surface area contributed by atoms with Crippen molar-refractivity contribution in [1.29, 1.82) is 0 Å². The van der Waals surface area contributed by atoms with Crippen LogP contribution in [0.2, 0.25) is 0 Å². The van der Waals surface area contributed by atoms with Gasteiger partial charge in [-0.1, -0.05) is 6.07 Å². The number of rotatable bonds is 1. The smallest absolute Gasteiger partial charge is 0.0270 e. The predicted octanol–water partition coefficient (Wildman–Crippen LogP) is -0.914. The molecule has 0 saturated carbocycles. The molecule has 0 amide bonds. The molecule has 0 atom stereocenters. The summed E-state index contributed by atoms with van der Waals surface area (Å²) in [5.74, 6) is 0. The Kier molecular flexibility index (Phi) is 15.8. The maximum atomic E-state index is 6.88. The van der Waals surface area contributed by atoms with E-state index in [2.05, 4.69) is 4.98 Å². The van der Waals surface area contributed by atoms with Crippen molar-refractivity contribution in [2.24, 2.45) is 0 Å². The normalized spacial score (nSPS) is 6.64. The average molecular weight is 264 g/mol.